The molecule has 0 amide bonds. The zero-order valence-electron chi connectivity index (χ0n) is 8.56. The lowest BCUT2D eigenvalue weighted by atomic mass is 9.92. The molecule has 0 radical (unpaired) electrons. The summed E-state index contributed by atoms with van der Waals surface area (Å²) in [6.07, 6.45) is 1.74. The topological polar surface area (TPSA) is 82.1 Å². The van der Waals surface area contributed by atoms with Crippen LogP contribution in [0.25, 0.3) is 0 Å². The lowest BCUT2D eigenvalue weighted by Crippen LogP contribution is -2.41. The van der Waals surface area contributed by atoms with Gasteiger partial charge in [0.15, 0.2) is 5.84 Å². The number of aliphatic hydroxyl groups excluding tert-OH is 1. The van der Waals surface area contributed by atoms with Gasteiger partial charge in [-0.15, -0.1) is 0 Å². The third-order valence-corrected chi connectivity index (χ3v) is 2.83. The molecule has 82 valence electrons. The SMILES string of the molecule is C[C@@H](O)C1CCN(C/C(N)=N\O)CC1. The maximum absolute atomic E-state index is 9.38. The Labute approximate surface area is 84.2 Å². The Morgan fingerprint density at radius 2 is 2.14 bits per heavy atom. The van der Waals surface area contributed by atoms with Crippen LogP contribution in [0.2, 0.25) is 0 Å². The molecule has 1 aliphatic heterocycles. The van der Waals surface area contributed by atoms with Crippen molar-refractivity contribution in [1.29, 1.82) is 0 Å². The number of rotatable bonds is 3. The molecular formula is C9H19N3O2. The summed E-state index contributed by atoms with van der Waals surface area (Å²) in [5.74, 6) is 0.652. The van der Waals surface area contributed by atoms with Gasteiger partial charge in [-0.25, -0.2) is 0 Å². The van der Waals surface area contributed by atoms with E-state index in [0.717, 1.165) is 25.9 Å². The first kappa shape index (κ1) is 11.3. The number of hydrogen-bond acceptors (Lipinski definition) is 4. The lowest BCUT2D eigenvalue weighted by Gasteiger charge is -2.32. The molecule has 1 aliphatic rings. The lowest BCUT2D eigenvalue weighted by molar-refractivity contribution is 0.0764. The van der Waals surface area contributed by atoms with Crippen LogP contribution in [0.1, 0.15) is 19.8 Å². The third-order valence-electron chi connectivity index (χ3n) is 2.83. The normalized spacial score (nSPS) is 23.7. The summed E-state index contributed by atoms with van der Waals surface area (Å²) >= 11 is 0. The summed E-state index contributed by atoms with van der Waals surface area (Å²) in [5, 5.41) is 20.7. The molecule has 0 aromatic rings. The van der Waals surface area contributed by atoms with Crippen molar-refractivity contribution in [2.24, 2.45) is 16.8 Å². The van der Waals surface area contributed by atoms with Crippen LogP contribution in [0.5, 0.6) is 0 Å². The second kappa shape index (κ2) is 5.17. The molecule has 5 nitrogen and oxygen atoms in total. The van der Waals surface area contributed by atoms with Crippen LogP contribution in [0.4, 0.5) is 0 Å². The Balaban J connectivity index is 2.29. The monoisotopic (exact) mass is 201 g/mol. The summed E-state index contributed by atoms with van der Waals surface area (Å²) < 4.78 is 0. The number of amidine groups is 1. The van der Waals surface area contributed by atoms with Crippen molar-refractivity contribution >= 4 is 5.84 Å². The minimum Gasteiger partial charge on any atom is -0.409 e. The highest BCUT2D eigenvalue weighted by molar-refractivity contribution is 5.81. The van der Waals surface area contributed by atoms with Crippen molar-refractivity contribution in [2.75, 3.05) is 19.6 Å². The molecule has 1 atom stereocenters. The summed E-state index contributed by atoms with van der Waals surface area (Å²) in [4.78, 5) is 2.13. The zero-order valence-corrected chi connectivity index (χ0v) is 8.56. The van der Waals surface area contributed by atoms with E-state index in [1.54, 1.807) is 0 Å². The van der Waals surface area contributed by atoms with E-state index < -0.39 is 0 Å². The molecule has 0 aromatic heterocycles. The summed E-state index contributed by atoms with van der Waals surface area (Å²) in [5.41, 5.74) is 5.41. The van der Waals surface area contributed by atoms with Crippen LogP contribution in [0.3, 0.4) is 0 Å². The third kappa shape index (κ3) is 3.16. The molecule has 0 spiro atoms. The average Bonchev–Trinajstić information content (AvgIpc) is 2.18. The fraction of sp³-hybridized carbons (Fsp3) is 0.889. The molecule has 0 aliphatic carbocycles. The highest BCUT2D eigenvalue weighted by Crippen LogP contribution is 2.19. The first-order valence-electron chi connectivity index (χ1n) is 5.00. The van der Waals surface area contributed by atoms with Crippen molar-refractivity contribution in [1.82, 2.24) is 4.90 Å². The summed E-state index contributed by atoms with van der Waals surface area (Å²) in [6.45, 7) is 4.17. The van der Waals surface area contributed by atoms with Gasteiger partial charge in [-0.1, -0.05) is 5.16 Å². The van der Waals surface area contributed by atoms with Crippen LogP contribution < -0.4 is 5.73 Å². The van der Waals surface area contributed by atoms with Crippen molar-refractivity contribution in [2.45, 2.75) is 25.9 Å². The zero-order chi connectivity index (χ0) is 10.6. The number of nitrogens with zero attached hydrogens (tertiary/aromatic N) is 2. The molecule has 14 heavy (non-hydrogen) atoms. The first-order valence-corrected chi connectivity index (χ1v) is 5.00. The average molecular weight is 201 g/mol. The van der Waals surface area contributed by atoms with Gasteiger partial charge in [0, 0.05) is 0 Å². The van der Waals surface area contributed by atoms with E-state index in [1.165, 1.54) is 0 Å². The van der Waals surface area contributed by atoms with Gasteiger partial charge < -0.3 is 16.0 Å². The summed E-state index contributed by atoms with van der Waals surface area (Å²) in [7, 11) is 0. The Kier molecular flexibility index (Phi) is 4.16. The number of hydrogen-bond donors (Lipinski definition) is 3. The van der Waals surface area contributed by atoms with E-state index in [9.17, 15) is 5.11 Å². The Morgan fingerprint density at radius 1 is 1.57 bits per heavy atom. The minimum absolute atomic E-state index is 0.221. The minimum atomic E-state index is -0.221. The predicted molar refractivity (Wildman–Crippen MR) is 54.3 cm³/mol. The quantitative estimate of drug-likeness (QED) is 0.256. The van der Waals surface area contributed by atoms with E-state index in [2.05, 4.69) is 10.1 Å². The van der Waals surface area contributed by atoms with Crippen molar-refractivity contribution in [3.8, 4) is 0 Å². The Bertz CT molecular complexity index is 198. The van der Waals surface area contributed by atoms with Gasteiger partial charge in [-0.2, -0.15) is 0 Å². The molecule has 5 heteroatoms. The smallest absolute Gasteiger partial charge is 0.153 e. The van der Waals surface area contributed by atoms with Crippen LogP contribution in [-0.4, -0.2) is 46.8 Å². The highest BCUT2D eigenvalue weighted by atomic mass is 16.4. The molecular weight excluding hydrogens is 182 g/mol. The molecule has 0 unspecified atom stereocenters. The maximum atomic E-state index is 9.38. The second-order valence-electron chi connectivity index (χ2n) is 3.95. The fourth-order valence-corrected chi connectivity index (χ4v) is 1.85. The number of nitrogens with two attached hydrogens (primary N) is 1. The molecule has 1 fully saturated rings. The Hall–Kier alpha value is -0.810. The summed E-state index contributed by atoms with van der Waals surface area (Å²) in [6, 6.07) is 0. The van der Waals surface area contributed by atoms with E-state index in [-0.39, 0.29) is 11.9 Å². The van der Waals surface area contributed by atoms with Gasteiger partial charge >= 0.3 is 0 Å². The molecule has 0 aromatic carbocycles. The molecule has 1 rings (SSSR count). The van der Waals surface area contributed by atoms with Crippen molar-refractivity contribution in [3.63, 3.8) is 0 Å². The van der Waals surface area contributed by atoms with Gasteiger partial charge in [0.1, 0.15) is 0 Å². The van der Waals surface area contributed by atoms with E-state index in [0.29, 0.717) is 12.5 Å². The fourth-order valence-electron chi connectivity index (χ4n) is 1.85. The largest absolute Gasteiger partial charge is 0.409 e. The van der Waals surface area contributed by atoms with Gasteiger partial charge in [0.2, 0.25) is 0 Å². The number of piperidine rings is 1. The molecule has 1 heterocycles. The van der Waals surface area contributed by atoms with E-state index in [4.69, 9.17) is 10.9 Å². The van der Waals surface area contributed by atoms with Gasteiger partial charge in [0.05, 0.1) is 12.6 Å². The van der Waals surface area contributed by atoms with Crippen molar-refractivity contribution < 1.29 is 10.3 Å². The van der Waals surface area contributed by atoms with Gasteiger partial charge in [0.25, 0.3) is 0 Å². The highest BCUT2D eigenvalue weighted by Gasteiger charge is 2.22. The number of oxime groups is 1. The van der Waals surface area contributed by atoms with Crippen molar-refractivity contribution in [3.05, 3.63) is 0 Å². The van der Waals surface area contributed by atoms with E-state index in [1.807, 2.05) is 6.92 Å². The first-order chi connectivity index (χ1) is 6.63. The second-order valence-corrected chi connectivity index (χ2v) is 3.95. The van der Waals surface area contributed by atoms with Crippen LogP contribution in [-0.2, 0) is 0 Å². The Morgan fingerprint density at radius 3 is 2.57 bits per heavy atom. The van der Waals surface area contributed by atoms with Crippen LogP contribution in [0, 0.1) is 5.92 Å². The molecule has 1 saturated heterocycles. The standard InChI is InChI=1S/C9H19N3O2/c1-7(13)8-2-4-12(5-3-8)6-9(10)11-14/h7-8,13-14H,2-6H2,1H3,(H2,10,11)/t7-/m1/s1. The van der Waals surface area contributed by atoms with Crippen LogP contribution >= 0.6 is 0 Å². The number of aliphatic hydroxyl groups is 1. The predicted octanol–water partition coefficient (Wildman–Crippen LogP) is -0.174. The maximum Gasteiger partial charge on any atom is 0.153 e. The number of likely N-dealkylation sites (tertiary alicyclic amines) is 1. The van der Waals surface area contributed by atoms with Crippen LogP contribution in [0.15, 0.2) is 5.16 Å². The van der Waals surface area contributed by atoms with E-state index >= 15 is 0 Å². The molecule has 4 N–H and O–H groups in total. The molecule has 0 saturated carbocycles. The molecule has 0 bridgehead atoms. The van der Waals surface area contributed by atoms with Gasteiger partial charge in [-0.3, -0.25) is 4.90 Å². The van der Waals surface area contributed by atoms with Gasteiger partial charge in [-0.05, 0) is 38.8 Å².